The van der Waals surface area contributed by atoms with Gasteiger partial charge >= 0.3 is 0 Å². The summed E-state index contributed by atoms with van der Waals surface area (Å²) in [6, 6.07) is 14.0. The molecule has 0 aromatic heterocycles. The SMILES string of the molecule is COc1ccc(C(Cl)Cc2ccccc2C)c(OC)c1. The van der Waals surface area contributed by atoms with E-state index in [0.29, 0.717) is 0 Å². The summed E-state index contributed by atoms with van der Waals surface area (Å²) in [5.41, 5.74) is 3.49. The Hall–Kier alpha value is -1.67. The molecule has 1 atom stereocenters. The minimum absolute atomic E-state index is 0.128. The van der Waals surface area contributed by atoms with Crippen molar-refractivity contribution >= 4 is 11.6 Å². The quantitative estimate of drug-likeness (QED) is 0.753. The normalized spacial score (nSPS) is 12.0. The molecule has 106 valence electrons. The van der Waals surface area contributed by atoms with Gasteiger partial charge in [-0.2, -0.15) is 0 Å². The molecule has 1 unspecified atom stereocenters. The second-order valence-electron chi connectivity index (χ2n) is 4.71. The van der Waals surface area contributed by atoms with Gasteiger partial charge in [0, 0.05) is 11.6 Å². The van der Waals surface area contributed by atoms with Crippen molar-refractivity contribution in [2.24, 2.45) is 0 Å². The molecule has 0 aliphatic rings. The molecule has 0 saturated carbocycles. The second-order valence-corrected chi connectivity index (χ2v) is 5.23. The predicted octanol–water partition coefficient (Wildman–Crippen LogP) is 4.53. The molecular weight excluding hydrogens is 272 g/mol. The third-order valence-electron chi connectivity index (χ3n) is 3.44. The molecule has 2 aromatic carbocycles. The van der Waals surface area contributed by atoms with Gasteiger partial charge in [-0.3, -0.25) is 0 Å². The van der Waals surface area contributed by atoms with Crippen LogP contribution in [0.2, 0.25) is 0 Å². The highest BCUT2D eigenvalue weighted by atomic mass is 35.5. The lowest BCUT2D eigenvalue weighted by atomic mass is 9.99. The van der Waals surface area contributed by atoms with E-state index in [1.807, 2.05) is 30.3 Å². The molecule has 2 rings (SSSR count). The van der Waals surface area contributed by atoms with Crippen LogP contribution in [0.1, 0.15) is 22.1 Å². The molecule has 0 radical (unpaired) electrons. The first kappa shape index (κ1) is 14.7. The Labute approximate surface area is 125 Å². The lowest BCUT2D eigenvalue weighted by Gasteiger charge is -2.16. The van der Waals surface area contributed by atoms with E-state index < -0.39 is 0 Å². The Kier molecular flexibility index (Phi) is 4.91. The van der Waals surface area contributed by atoms with Gasteiger partial charge in [-0.15, -0.1) is 11.6 Å². The Morgan fingerprint density at radius 2 is 1.80 bits per heavy atom. The lowest BCUT2D eigenvalue weighted by molar-refractivity contribution is 0.390. The van der Waals surface area contributed by atoms with Gasteiger partial charge < -0.3 is 9.47 Å². The van der Waals surface area contributed by atoms with Crippen molar-refractivity contribution in [2.75, 3.05) is 14.2 Å². The summed E-state index contributed by atoms with van der Waals surface area (Å²) in [5.74, 6) is 1.53. The van der Waals surface area contributed by atoms with Gasteiger partial charge in [0.2, 0.25) is 0 Å². The van der Waals surface area contributed by atoms with Gasteiger partial charge in [-0.25, -0.2) is 0 Å². The summed E-state index contributed by atoms with van der Waals surface area (Å²) >= 11 is 6.57. The zero-order valence-corrected chi connectivity index (χ0v) is 12.8. The zero-order valence-electron chi connectivity index (χ0n) is 12.0. The summed E-state index contributed by atoms with van der Waals surface area (Å²) in [6.07, 6.45) is 0.775. The van der Waals surface area contributed by atoms with Crippen LogP contribution in [-0.4, -0.2) is 14.2 Å². The minimum Gasteiger partial charge on any atom is -0.497 e. The van der Waals surface area contributed by atoms with Crippen LogP contribution in [0.25, 0.3) is 0 Å². The van der Waals surface area contributed by atoms with Crippen molar-refractivity contribution in [3.8, 4) is 11.5 Å². The molecule has 2 nitrogen and oxygen atoms in total. The third kappa shape index (κ3) is 3.26. The number of benzene rings is 2. The first-order valence-corrected chi connectivity index (χ1v) is 7.00. The summed E-state index contributed by atoms with van der Waals surface area (Å²) in [6.45, 7) is 2.10. The Morgan fingerprint density at radius 3 is 2.45 bits per heavy atom. The number of aryl methyl sites for hydroxylation is 1. The number of hydrogen-bond acceptors (Lipinski definition) is 2. The fraction of sp³-hybridized carbons (Fsp3) is 0.294. The maximum atomic E-state index is 6.57. The highest BCUT2D eigenvalue weighted by molar-refractivity contribution is 6.21. The highest BCUT2D eigenvalue weighted by Crippen LogP contribution is 2.35. The van der Waals surface area contributed by atoms with Crippen LogP contribution in [0.3, 0.4) is 0 Å². The van der Waals surface area contributed by atoms with Crippen LogP contribution in [-0.2, 0) is 6.42 Å². The first-order chi connectivity index (χ1) is 9.65. The van der Waals surface area contributed by atoms with Crippen LogP contribution >= 0.6 is 11.6 Å². The van der Waals surface area contributed by atoms with E-state index in [0.717, 1.165) is 23.5 Å². The third-order valence-corrected chi connectivity index (χ3v) is 3.83. The smallest absolute Gasteiger partial charge is 0.127 e. The monoisotopic (exact) mass is 290 g/mol. The Bertz CT molecular complexity index is 581. The molecule has 0 aliphatic carbocycles. The summed E-state index contributed by atoms with van der Waals surface area (Å²) < 4.78 is 10.6. The summed E-state index contributed by atoms with van der Waals surface area (Å²) in [7, 11) is 3.29. The van der Waals surface area contributed by atoms with E-state index in [1.165, 1.54) is 11.1 Å². The maximum absolute atomic E-state index is 6.57. The minimum atomic E-state index is -0.128. The van der Waals surface area contributed by atoms with Crippen molar-refractivity contribution in [2.45, 2.75) is 18.7 Å². The van der Waals surface area contributed by atoms with E-state index in [9.17, 15) is 0 Å². The number of rotatable bonds is 5. The molecule has 0 saturated heterocycles. The molecule has 0 spiro atoms. The largest absolute Gasteiger partial charge is 0.497 e. The topological polar surface area (TPSA) is 18.5 Å². The molecule has 0 aliphatic heterocycles. The second kappa shape index (κ2) is 6.67. The van der Waals surface area contributed by atoms with Gasteiger partial charge in [-0.05, 0) is 30.5 Å². The molecule has 0 bridgehead atoms. The maximum Gasteiger partial charge on any atom is 0.127 e. The summed E-state index contributed by atoms with van der Waals surface area (Å²) in [4.78, 5) is 0. The van der Waals surface area contributed by atoms with E-state index >= 15 is 0 Å². The van der Waals surface area contributed by atoms with Gasteiger partial charge in [-0.1, -0.05) is 30.3 Å². The van der Waals surface area contributed by atoms with Crippen molar-refractivity contribution in [3.63, 3.8) is 0 Å². The Morgan fingerprint density at radius 1 is 1.05 bits per heavy atom. The first-order valence-electron chi connectivity index (χ1n) is 6.56. The zero-order chi connectivity index (χ0) is 14.5. The van der Waals surface area contributed by atoms with E-state index in [-0.39, 0.29) is 5.38 Å². The van der Waals surface area contributed by atoms with Crippen LogP contribution < -0.4 is 9.47 Å². The van der Waals surface area contributed by atoms with Crippen molar-refractivity contribution in [3.05, 3.63) is 59.2 Å². The molecule has 0 N–H and O–H groups in total. The number of hydrogen-bond donors (Lipinski definition) is 0. The van der Waals surface area contributed by atoms with Crippen LogP contribution in [0.5, 0.6) is 11.5 Å². The average Bonchev–Trinajstić information content (AvgIpc) is 2.48. The van der Waals surface area contributed by atoms with E-state index in [1.54, 1.807) is 14.2 Å². The molecule has 2 aromatic rings. The van der Waals surface area contributed by atoms with Crippen molar-refractivity contribution < 1.29 is 9.47 Å². The number of alkyl halides is 1. The average molecular weight is 291 g/mol. The fourth-order valence-corrected chi connectivity index (χ4v) is 2.57. The molecule has 0 amide bonds. The highest BCUT2D eigenvalue weighted by Gasteiger charge is 2.15. The van der Waals surface area contributed by atoms with Crippen LogP contribution in [0, 0.1) is 6.92 Å². The van der Waals surface area contributed by atoms with Crippen molar-refractivity contribution in [1.82, 2.24) is 0 Å². The molecule has 3 heteroatoms. The van der Waals surface area contributed by atoms with Gasteiger partial charge in [0.05, 0.1) is 19.6 Å². The lowest BCUT2D eigenvalue weighted by Crippen LogP contribution is -2.01. The van der Waals surface area contributed by atoms with Crippen LogP contribution in [0.15, 0.2) is 42.5 Å². The number of methoxy groups -OCH3 is 2. The number of halogens is 1. The van der Waals surface area contributed by atoms with Gasteiger partial charge in [0.15, 0.2) is 0 Å². The molecule has 0 heterocycles. The fourth-order valence-electron chi connectivity index (χ4n) is 2.22. The van der Waals surface area contributed by atoms with Crippen molar-refractivity contribution in [1.29, 1.82) is 0 Å². The Balaban J connectivity index is 2.25. The molecule has 0 fully saturated rings. The molecule has 20 heavy (non-hydrogen) atoms. The van der Waals surface area contributed by atoms with Crippen LogP contribution in [0.4, 0.5) is 0 Å². The van der Waals surface area contributed by atoms with Gasteiger partial charge in [0.25, 0.3) is 0 Å². The predicted molar refractivity (Wildman–Crippen MR) is 83.0 cm³/mol. The standard InChI is InChI=1S/C17H19ClO2/c1-12-6-4-5-7-13(12)10-16(18)15-9-8-14(19-2)11-17(15)20-3/h4-9,11,16H,10H2,1-3H3. The summed E-state index contributed by atoms with van der Waals surface area (Å²) in [5, 5.41) is -0.128. The molecular formula is C17H19ClO2. The van der Waals surface area contributed by atoms with E-state index in [4.69, 9.17) is 21.1 Å². The number of ether oxygens (including phenoxy) is 2. The van der Waals surface area contributed by atoms with Gasteiger partial charge in [0.1, 0.15) is 11.5 Å². The van der Waals surface area contributed by atoms with E-state index in [2.05, 4.69) is 19.1 Å².